The molecule has 2 N–H and O–H groups in total. The Kier molecular flexibility index (Phi) is 4.92. The van der Waals surface area contributed by atoms with Crippen LogP contribution in [-0.2, 0) is 6.61 Å². The van der Waals surface area contributed by atoms with Gasteiger partial charge in [0.05, 0.1) is 6.61 Å². The van der Waals surface area contributed by atoms with Crippen LogP contribution in [0.2, 0.25) is 10.0 Å². The van der Waals surface area contributed by atoms with Crippen LogP contribution in [0.25, 0.3) is 22.2 Å². The number of nitrogens with zero attached hydrogens (tertiary/aromatic N) is 1. The zero-order chi connectivity index (χ0) is 18.1. The normalized spacial score (nSPS) is 11.2. The van der Waals surface area contributed by atoms with Gasteiger partial charge in [-0.25, -0.2) is 4.98 Å². The highest BCUT2D eigenvalue weighted by molar-refractivity contribution is 7.99. The molecule has 0 spiro atoms. The minimum absolute atomic E-state index is 0.0117. The van der Waals surface area contributed by atoms with Crippen molar-refractivity contribution in [3.8, 4) is 11.1 Å². The quantitative estimate of drug-likeness (QED) is 0.429. The molecule has 0 saturated carbocycles. The fourth-order valence-corrected chi connectivity index (χ4v) is 4.61. The van der Waals surface area contributed by atoms with Crippen molar-refractivity contribution in [2.75, 3.05) is 0 Å². The van der Waals surface area contributed by atoms with Crippen molar-refractivity contribution in [1.29, 1.82) is 0 Å². The highest BCUT2D eigenvalue weighted by atomic mass is 35.5. The monoisotopic (exact) mass is 400 g/mol. The summed E-state index contributed by atoms with van der Waals surface area (Å²) in [6, 6.07) is 15.4. The van der Waals surface area contributed by atoms with Crippen LogP contribution in [0, 0.1) is 0 Å². The first-order valence-corrected chi connectivity index (χ1v) is 9.51. The van der Waals surface area contributed by atoms with Gasteiger partial charge in [0.15, 0.2) is 0 Å². The third-order valence-electron chi connectivity index (χ3n) is 4.02. The molecule has 2 heterocycles. The number of halogens is 2. The van der Waals surface area contributed by atoms with Crippen LogP contribution in [0.4, 0.5) is 0 Å². The molecule has 0 amide bonds. The molecule has 2 aromatic carbocycles. The number of benzene rings is 2. The van der Waals surface area contributed by atoms with E-state index in [-0.39, 0.29) is 6.61 Å². The summed E-state index contributed by atoms with van der Waals surface area (Å²) in [5.41, 5.74) is 3.78. The van der Waals surface area contributed by atoms with Gasteiger partial charge >= 0.3 is 0 Å². The number of aliphatic hydroxyl groups excluding tert-OH is 1. The van der Waals surface area contributed by atoms with Crippen molar-refractivity contribution in [2.45, 2.75) is 16.4 Å². The molecule has 0 aliphatic carbocycles. The van der Waals surface area contributed by atoms with E-state index < -0.39 is 0 Å². The van der Waals surface area contributed by atoms with Gasteiger partial charge in [-0.2, -0.15) is 0 Å². The standard InChI is InChI=1S/C20H14Cl2N2OS/c21-14-7-15(22)9-16(8-14)26-18-10-24-20-19(18)17(4-5-23-20)13-3-1-2-12(6-13)11-25/h1-10,25H,11H2,(H,23,24). The Morgan fingerprint density at radius 2 is 1.85 bits per heavy atom. The van der Waals surface area contributed by atoms with Gasteiger partial charge in [0.25, 0.3) is 0 Å². The Morgan fingerprint density at radius 3 is 2.62 bits per heavy atom. The maximum Gasteiger partial charge on any atom is 0.139 e. The molecule has 0 aliphatic heterocycles. The van der Waals surface area contributed by atoms with Crippen LogP contribution in [0.15, 0.2) is 70.7 Å². The topological polar surface area (TPSA) is 48.9 Å². The summed E-state index contributed by atoms with van der Waals surface area (Å²) in [6.45, 7) is 0.0117. The fraction of sp³-hybridized carbons (Fsp3) is 0.0500. The van der Waals surface area contributed by atoms with Crippen molar-refractivity contribution in [2.24, 2.45) is 0 Å². The highest BCUT2D eigenvalue weighted by Gasteiger charge is 2.13. The maximum absolute atomic E-state index is 9.44. The van der Waals surface area contributed by atoms with Gasteiger partial charge in [0, 0.05) is 37.6 Å². The van der Waals surface area contributed by atoms with Crippen molar-refractivity contribution >= 4 is 46.0 Å². The number of hydrogen-bond acceptors (Lipinski definition) is 3. The zero-order valence-electron chi connectivity index (χ0n) is 13.5. The second-order valence-electron chi connectivity index (χ2n) is 5.80. The summed E-state index contributed by atoms with van der Waals surface area (Å²) in [5, 5.41) is 11.7. The lowest BCUT2D eigenvalue weighted by atomic mass is 10.0. The average molecular weight is 401 g/mol. The summed E-state index contributed by atoms with van der Waals surface area (Å²) in [7, 11) is 0. The summed E-state index contributed by atoms with van der Waals surface area (Å²) in [6.07, 6.45) is 3.72. The van der Waals surface area contributed by atoms with Gasteiger partial charge in [-0.05, 0) is 47.0 Å². The molecular weight excluding hydrogens is 387 g/mol. The van der Waals surface area contributed by atoms with Crippen molar-refractivity contribution in [3.63, 3.8) is 0 Å². The van der Waals surface area contributed by atoms with E-state index in [2.05, 4.69) is 9.97 Å². The van der Waals surface area contributed by atoms with Crippen LogP contribution < -0.4 is 0 Å². The van der Waals surface area contributed by atoms with Gasteiger partial charge in [0.1, 0.15) is 5.65 Å². The molecule has 0 saturated heterocycles. The smallest absolute Gasteiger partial charge is 0.139 e. The third kappa shape index (κ3) is 3.46. The van der Waals surface area contributed by atoms with Crippen molar-refractivity contribution in [3.05, 3.63) is 76.5 Å². The van der Waals surface area contributed by atoms with Gasteiger partial charge in [-0.1, -0.05) is 53.2 Å². The molecular formula is C20H14Cl2N2OS. The molecule has 0 radical (unpaired) electrons. The van der Waals surface area contributed by atoms with Gasteiger partial charge in [-0.15, -0.1) is 0 Å². The third-order valence-corrected chi connectivity index (χ3v) is 5.47. The number of nitrogens with one attached hydrogen (secondary N) is 1. The molecule has 0 bridgehead atoms. The lowest BCUT2D eigenvalue weighted by Gasteiger charge is -2.08. The summed E-state index contributed by atoms with van der Waals surface area (Å²) in [5.74, 6) is 0. The first kappa shape index (κ1) is 17.4. The molecule has 0 fully saturated rings. The minimum atomic E-state index is 0.0117. The minimum Gasteiger partial charge on any atom is -0.392 e. The molecule has 2 aromatic heterocycles. The molecule has 0 aliphatic rings. The van der Waals surface area contributed by atoms with Gasteiger partial charge < -0.3 is 10.1 Å². The molecule has 6 heteroatoms. The zero-order valence-corrected chi connectivity index (χ0v) is 15.9. The average Bonchev–Trinajstić information content (AvgIpc) is 3.04. The summed E-state index contributed by atoms with van der Waals surface area (Å²) in [4.78, 5) is 9.66. The number of rotatable bonds is 4. The van der Waals surface area contributed by atoms with Crippen LogP contribution >= 0.6 is 35.0 Å². The van der Waals surface area contributed by atoms with Crippen molar-refractivity contribution < 1.29 is 5.11 Å². The predicted octanol–water partition coefficient (Wildman–Crippen LogP) is 6.18. The Bertz CT molecular complexity index is 1070. The molecule has 4 aromatic rings. The Labute approximate surface area is 165 Å². The number of hydrogen-bond donors (Lipinski definition) is 2. The van der Waals surface area contributed by atoms with E-state index in [1.165, 1.54) is 0 Å². The number of aliphatic hydroxyl groups is 1. The van der Waals surface area contributed by atoms with E-state index in [4.69, 9.17) is 23.2 Å². The first-order valence-electron chi connectivity index (χ1n) is 7.94. The predicted molar refractivity (Wildman–Crippen MR) is 108 cm³/mol. The molecule has 0 atom stereocenters. The number of pyridine rings is 1. The molecule has 0 unspecified atom stereocenters. The first-order chi connectivity index (χ1) is 12.6. The highest BCUT2D eigenvalue weighted by Crippen LogP contribution is 2.39. The Morgan fingerprint density at radius 1 is 1.04 bits per heavy atom. The summed E-state index contributed by atoms with van der Waals surface area (Å²) < 4.78 is 0. The molecule has 3 nitrogen and oxygen atoms in total. The second kappa shape index (κ2) is 7.33. The van der Waals surface area contributed by atoms with E-state index >= 15 is 0 Å². The Hall–Kier alpha value is -1.98. The lowest BCUT2D eigenvalue weighted by molar-refractivity contribution is 0.282. The van der Waals surface area contributed by atoms with Crippen LogP contribution in [0.5, 0.6) is 0 Å². The van der Waals surface area contributed by atoms with Crippen LogP contribution in [0.1, 0.15) is 5.56 Å². The Balaban J connectivity index is 1.84. The van der Waals surface area contributed by atoms with Crippen LogP contribution in [0.3, 0.4) is 0 Å². The molecule has 130 valence electrons. The van der Waals surface area contributed by atoms with Crippen LogP contribution in [-0.4, -0.2) is 15.1 Å². The number of aromatic nitrogens is 2. The van der Waals surface area contributed by atoms with E-state index in [1.54, 1.807) is 24.0 Å². The largest absolute Gasteiger partial charge is 0.392 e. The van der Waals surface area contributed by atoms with Gasteiger partial charge in [0.2, 0.25) is 0 Å². The number of aromatic amines is 1. The molecule has 4 rings (SSSR count). The van der Waals surface area contributed by atoms with E-state index in [0.29, 0.717) is 10.0 Å². The lowest BCUT2D eigenvalue weighted by Crippen LogP contribution is -1.87. The van der Waals surface area contributed by atoms with Gasteiger partial charge in [-0.3, -0.25) is 0 Å². The number of H-pyrrole nitrogens is 1. The van der Waals surface area contributed by atoms with E-state index in [1.807, 2.05) is 48.7 Å². The maximum atomic E-state index is 9.44. The molecule has 26 heavy (non-hydrogen) atoms. The second-order valence-corrected chi connectivity index (χ2v) is 7.79. The number of fused-ring (bicyclic) bond motifs is 1. The van der Waals surface area contributed by atoms with Crippen molar-refractivity contribution in [1.82, 2.24) is 9.97 Å². The SMILES string of the molecule is OCc1cccc(-c2ccnc3[nH]cc(Sc4cc(Cl)cc(Cl)c4)c23)c1. The fourth-order valence-electron chi connectivity index (χ4n) is 2.90. The van der Waals surface area contributed by atoms with E-state index in [9.17, 15) is 5.11 Å². The summed E-state index contributed by atoms with van der Waals surface area (Å²) >= 11 is 13.8. The van der Waals surface area contributed by atoms with E-state index in [0.717, 1.165) is 37.5 Å².